The number of carboxylic acid groups (broad SMARTS) is 1. The predicted molar refractivity (Wildman–Crippen MR) is 95.6 cm³/mol. The number of para-hydroxylation sites is 1. The van der Waals surface area contributed by atoms with E-state index >= 15 is 0 Å². The van der Waals surface area contributed by atoms with Crippen molar-refractivity contribution in [3.8, 4) is 11.5 Å². The zero-order chi connectivity index (χ0) is 17.5. The van der Waals surface area contributed by atoms with Crippen molar-refractivity contribution in [1.82, 2.24) is 0 Å². The molecule has 126 valence electrons. The molecular formula is C17H13Cl3O4. The molecule has 0 saturated heterocycles. The minimum Gasteiger partial charge on any atom is -0.489 e. The third kappa shape index (κ3) is 5.34. The third-order valence-corrected chi connectivity index (χ3v) is 3.65. The van der Waals surface area contributed by atoms with Gasteiger partial charge >= 0.3 is 5.97 Å². The van der Waals surface area contributed by atoms with E-state index < -0.39 is 5.97 Å². The standard InChI is InChI=1S/C17H13Cl3O4/c18-12-9-13(19)17(14(20)10-12)24-8-7-23-15-4-2-1-3-11(15)5-6-16(21)22/h1-6,9-10H,7-8H2,(H,21,22). The number of benzene rings is 2. The first-order valence-electron chi connectivity index (χ1n) is 6.87. The second-order valence-electron chi connectivity index (χ2n) is 4.60. The van der Waals surface area contributed by atoms with Crippen LogP contribution in [0.3, 0.4) is 0 Å². The van der Waals surface area contributed by atoms with Gasteiger partial charge in [0.1, 0.15) is 19.0 Å². The van der Waals surface area contributed by atoms with Crippen LogP contribution in [0.5, 0.6) is 11.5 Å². The van der Waals surface area contributed by atoms with E-state index in [0.717, 1.165) is 6.08 Å². The van der Waals surface area contributed by atoms with Crippen molar-refractivity contribution in [2.75, 3.05) is 13.2 Å². The van der Waals surface area contributed by atoms with E-state index in [2.05, 4.69) is 0 Å². The molecule has 0 heterocycles. The summed E-state index contributed by atoms with van der Waals surface area (Å²) in [7, 11) is 0. The van der Waals surface area contributed by atoms with Crippen LogP contribution in [0.1, 0.15) is 5.56 Å². The van der Waals surface area contributed by atoms with E-state index in [-0.39, 0.29) is 13.2 Å². The summed E-state index contributed by atoms with van der Waals surface area (Å²) in [6.07, 6.45) is 2.51. The Morgan fingerprint density at radius 2 is 1.67 bits per heavy atom. The van der Waals surface area contributed by atoms with E-state index in [1.807, 2.05) is 0 Å². The van der Waals surface area contributed by atoms with Crippen LogP contribution < -0.4 is 9.47 Å². The summed E-state index contributed by atoms with van der Waals surface area (Å²) in [5.41, 5.74) is 0.655. The monoisotopic (exact) mass is 386 g/mol. The Labute approximate surface area is 154 Å². The van der Waals surface area contributed by atoms with Crippen molar-refractivity contribution in [2.24, 2.45) is 0 Å². The molecule has 0 aliphatic heterocycles. The first-order valence-corrected chi connectivity index (χ1v) is 8.01. The van der Waals surface area contributed by atoms with Gasteiger partial charge in [-0.1, -0.05) is 53.0 Å². The van der Waals surface area contributed by atoms with Gasteiger partial charge in [-0.3, -0.25) is 0 Å². The molecule has 0 aliphatic carbocycles. The molecule has 0 saturated carbocycles. The Bertz CT molecular complexity index is 736. The molecule has 0 amide bonds. The Morgan fingerprint density at radius 3 is 2.33 bits per heavy atom. The average molecular weight is 388 g/mol. The lowest BCUT2D eigenvalue weighted by Gasteiger charge is -2.12. The van der Waals surface area contributed by atoms with Crippen molar-refractivity contribution >= 4 is 46.8 Å². The third-order valence-electron chi connectivity index (χ3n) is 2.87. The number of hydrogen-bond donors (Lipinski definition) is 1. The van der Waals surface area contributed by atoms with Gasteiger partial charge in [-0.05, 0) is 24.3 Å². The summed E-state index contributed by atoms with van der Waals surface area (Å²) in [4.78, 5) is 10.6. The zero-order valence-electron chi connectivity index (χ0n) is 12.3. The number of carboxylic acids is 1. The number of ether oxygens (including phenoxy) is 2. The van der Waals surface area contributed by atoms with Crippen LogP contribution in [0.4, 0.5) is 0 Å². The van der Waals surface area contributed by atoms with Crippen LogP contribution >= 0.6 is 34.8 Å². The second-order valence-corrected chi connectivity index (χ2v) is 5.86. The molecule has 2 aromatic carbocycles. The molecule has 2 aromatic rings. The molecule has 24 heavy (non-hydrogen) atoms. The molecule has 2 rings (SSSR count). The van der Waals surface area contributed by atoms with E-state index in [9.17, 15) is 4.79 Å². The van der Waals surface area contributed by atoms with Crippen molar-refractivity contribution in [2.45, 2.75) is 0 Å². The zero-order valence-corrected chi connectivity index (χ0v) is 14.6. The first kappa shape index (κ1) is 18.5. The largest absolute Gasteiger partial charge is 0.489 e. The summed E-state index contributed by atoms with van der Waals surface area (Å²) < 4.78 is 11.1. The summed E-state index contributed by atoms with van der Waals surface area (Å²) >= 11 is 17.9. The molecule has 0 bridgehead atoms. The van der Waals surface area contributed by atoms with Gasteiger partial charge in [0, 0.05) is 16.7 Å². The minimum absolute atomic E-state index is 0.206. The molecule has 7 heteroatoms. The lowest BCUT2D eigenvalue weighted by atomic mass is 10.2. The maximum Gasteiger partial charge on any atom is 0.328 e. The first-order chi connectivity index (χ1) is 11.5. The molecule has 0 fully saturated rings. The van der Waals surface area contributed by atoms with Crippen LogP contribution in [-0.4, -0.2) is 24.3 Å². The molecule has 0 spiro atoms. The lowest BCUT2D eigenvalue weighted by molar-refractivity contribution is -0.131. The smallest absolute Gasteiger partial charge is 0.328 e. The van der Waals surface area contributed by atoms with Crippen LogP contribution in [0, 0.1) is 0 Å². The van der Waals surface area contributed by atoms with Crippen LogP contribution in [0.15, 0.2) is 42.5 Å². The van der Waals surface area contributed by atoms with Crippen LogP contribution in [0.25, 0.3) is 6.08 Å². The van der Waals surface area contributed by atoms with Crippen molar-refractivity contribution in [3.63, 3.8) is 0 Å². The number of rotatable bonds is 7. The fourth-order valence-corrected chi connectivity index (χ4v) is 2.80. The van der Waals surface area contributed by atoms with Gasteiger partial charge in [0.25, 0.3) is 0 Å². The van der Waals surface area contributed by atoms with Gasteiger partial charge in [0.2, 0.25) is 0 Å². The maximum atomic E-state index is 10.6. The van der Waals surface area contributed by atoms with E-state index in [1.54, 1.807) is 24.3 Å². The molecule has 1 N–H and O–H groups in total. The van der Waals surface area contributed by atoms with Gasteiger partial charge in [0.05, 0.1) is 10.0 Å². The topological polar surface area (TPSA) is 55.8 Å². The van der Waals surface area contributed by atoms with Crippen molar-refractivity contribution in [1.29, 1.82) is 0 Å². The number of halogens is 3. The normalized spacial score (nSPS) is 10.8. The molecule has 4 nitrogen and oxygen atoms in total. The van der Waals surface area contributed by atoms with Gasteiger partial charge in [0.15, 0.2) is 5.75 Å². The van der Waals surface area contributed by atoms with E-state index in [1.165, 1.54) is 18.2 Å². The highest BCUT2D eigenvalue weighted by molar-refractivity contribution is 6.40. The Kier molecular flexibility index (Phi) is 6.79. The van der Waals surface area contributed by atoms with Gasteiger partial charge in [-0.2, -0.15) is 0 Å². The SMILES string of the molecule is O=C(O)C=Cc1ccccc1OCCOc1c(Cl)cc(Cl)cc1Cl. The number of aliphatic carboxylic acids is 1. The minimum atomic E-state index is -1.03. The fourth-order valence-electron chi connectivity index (χ4n) is 1.87. The highest BCUT2D eigenvalue weighted by Gasteiger charge is 2.09. The second kappa shape index (κ2) is 8.83. The number of carbonyl (C=O) groups is 1. The number of hydrogen-bond acceptors (Lipinski definition) is 3. The Morgan fingerprint density at radius 1 is 1.04 bits per heavy atom. The molecule has 0 aliphatic rings. The summed E-state index contributed by atoms with van der Waals surface area (Å²) in [5, 5.41) is 9.75. The highest BCUT2D eigenvalue weighted by Crippen LogP contribution is 2.35. The summed E-state index contributed by atoms with van der Waals surface area (Å²) in [5.74, 6) is -0.141. The average Bonchev–Trinajstić information content (AvgIpc) is 2.52. The Hall–Kier alpha value is -1.88. The highest BCUT2D eigenvalue weighted by atomic mass is 35.5. The quantitative estimate of drug-likeness (QED) is 0.524. The summed E-state index contributed by atoms with van der Waals surface area (Å²) in [6.45, 7) is 0.436. The van der Waals surface area contributed by atoms with Crippen LogP contribution in [0.2, 0.25) is 15.1 Å². The molecule has 0 atom stereocenters. The van der Waals surface area contributed by atoms with Gasteiger partial charge in [-0.15, -0.1) is 0 Å². The van der Waals surface area contributed by atoms with E-state index in [4.69, 9.17) is 49.4 Å². The predicted octanol–water partition coefficient (Wildman–Crippen LogP) is 5.20. The van der Waals surface area contributed by atoms with Crippen LogP contribution in [-0.2, 0) is 4.79 Å². The molecule has 0 radical (unpaired) electrons. The van der Waals surface area contributed by atoms with E-state index in [0.29, 0.717) is 32.1 Å². The molecular weight excluding hydrogens is 375 g/mol. The lowest BCUT2D eigenvalue weighted by Crippen LogP contribution is -2.10. The van der Waals surface area contributed by atoms with Crippen molar-refractivity contribution < 1.29 is 19.4 Å². The molecule has 0 unspecified atom stereocenters. The van der Waals surface area contributed by atoms with Gasteiger partial charge in [-0.25, -0.2) is 4.79 Å². The maximum absolute atomic E-state index is 10.6. The fraction of sp³-hybridized carbons (Fsp3) is 0.118. The van der Waals surface area contributed by atoms with Crippen molar-refractivity contribution in [3.05, 3.63) is 63.1 Å². The molecule has 0 aromatic heterocycles. The summed E-state index contributed by atoms with van der Waals surface area (Å²) in [6, 6.07) is 10.2. The van der Waals surface area contributed by atoms with Gasteiger partial charge < -0.3 is 14.6 Å². The Balaban J connectivity index is 1.95.